The van der Waals surface area contributed by atoms with Gasteiger partial charge >= 0.3 is 7.82 Å². The van der Waals surface area contributed by atoms with E-state index < -0.39 is 45.1 Å². The van der Waals surface area contributed by atoms with Crippen LogP contribution in [0.4, 0.5) is 0 Å². The summed E-state index contributed by atoms with van der Waals surface area (Å²) in [7, 11) is -4.91. The molecule has 10 nitrogen and oxygen atoms in total. The average Bonchev–Trinajstić information content (AvgIpc) is 2.93. The summed E-state index contributed by atoms with van der Waals surface area (Å²) >= 11 is 0. The first-order chi connectivity index (χ1) is 19.6. The molecular formula is C30H64NO9P. The number of hydrogen-bond donors (Lipinski definition) is 6. The molecule has 1 fully saturated rings. The molecule has 1 rings (SSSR count). The summed E-state index contributed by atoms with van der Waals surface area (Å²) in [5, 5.41) is 36.6. The van der Waals surface area contributed by atoms with Crippen molar-refractivity contribution < 1.29 is 44.0 Å². The number of phosphoric acid groups is 1. The van der Waals surface area contributed by atoms with Crippen molar-refractivity contribution in [3.63, 3.8) is 0 Å². The van der Waals surface area contributed by atoms with E-state index in [1.54, 1.807) is 0 Å². The number of unbranched alkanes of at least 4 members (excludes halogenated alkanes) is 15. The molecule has 1 heterocycles. The zero-order valence-electron chi connectivity index (χ0n) is 26.2. The molecule has 0 radical (unpaired) electrons. The highest BCUT2D eigenvalue weighted by Crippen LogP contribution is 2.40. The van der Waals surface area contributed by atoms with Gasteiger partial charge < -0.3 is 39.8 Å². The maximum atomic E-state index is 10.5. The Balaban J connectivity index is 0.000000856. The van der Waals surface area contributed by atoms with Crippen molar-refractivity contribution in [3.8, 4) is 0 Å². The van der Waals surface area contributed by atoms with Crippen LogP contribution >= 0.6 is 7.82 Å². The first kappa shape index (κ1) is 40.9. The van der Waals surface area contributed by atoms with Crippen molar-refractivity contribution in [2.75, 3.05) is 26.2 Å². The molecule has 0 saturated carbocycles. The Kier molecular flexibility index (Phi) is 26.2. The van der Waals surface area contributed by atoms with Gasteiger partial charge in [0.1, 0.15) is 24.4 Å². The third-order valence-electron chi connectivity index (χ3n) is 7.57. The molecule has 0 aromatic heterocycles. The first-order valence-electron chi connectivity index (χ1n) is 16.4. The molecule has 1 aliphatic heterocycles. The number of nitrogens with zero attached hydrogens (tertiary/aromatic N) is 1. The Morgan fingerprint density at radius 2 is 0.976 bits per heavy atom. The molecule has 0 amide bonds. The van der Waals surface area contributed by atoms with Gasteiger partial charge in [0, 0.05) is 0 Å². The van der Waals surface area contributed by atoms with Crippen molar-refractivity contribution in [3.05, 3.63) is 0 Å². The molecule has 0 spiro atoms. The number of phosphoric ester groups is 1. The van der Waals surface area contributed by atoms with Crippen LogP contribution < -0.4 is 0 Å². The summed E-state index contributed by atoms with van der Waals surface area (Å²) < 4.78 is 19.2. The lowest BCUT2D eigenvalue weighted by molar-refractivity contribution is -0.280. The molecule has 6 N–H and O–H groups in total. The lowest BCUT2D eigenvalue weighted by Gasteiger charge is -2.39. The third kappa shape index (κ3) is 22.1. The molecule has 11 heteroatoms. The van der Waals surface area contributed by atoms with E-state index >= 15 is 0 Å². The highest BCUT2D eigenvalue weighted by atomic mass is 31.2. The second kappa shape index (κ2) is 26.3. The van der Waals surface area contributed by atoms with E-state index in [0.717, 1.165) is 0 Å². The normalized spacial score (nSPS) is 23.0. The second-order valence-corrected chi connectivity index (χ2v) is 12.6. The van der Waals surface area contributed by atoms with Gasteiger partial charge in [-0.15, -0.1) is 0 Å². The molecule has 0 aliphatic carbocycles. The lowest BCUT2D eigenvalue weighted by atomic mass is 10.00. The molecule has 41 heavy (non-hydrogen) atoms. The van der Waals surface area contributed by atoms with Crippen molar-refractivity contribution in [1.29, 1.82) is 0 Å². The zero-order chi connectivity index (χ0) is 30.9. The SMILES string of the molecule is CCCCCCCCN(CCCCCCCC)CCCCCCCC.O=P(O)(O)OC1O[C@H](CO)[C@H](O)[C@H](O)[C@H]1O. The average molecular weight is 614 g/mol. The smallest absolute Gasteiger partial charge is 0.394 e. The molecule has 0 aromatic rings. The fourth-order valence-electron chi connectivity index (χ4n) is 4.97. The van der Waals surface area contributed by atoms with Crippen molar-refractivity contribution in [1.82, 2.24) is 4.90 Å². The van der Waals surface area contributed by atoms with Crippen molar-refractivity contribution >= 4 is 7.82 Å². The van der Waals surface area contributed by atoms with E-state index in [1.165, 1.54) is 135 Å². The van der Waals surface area contributed by atoms with Gasteiger partial charge in [-0.05, 0) is 38.9 Å². The fourth-order valence-corrected chi connectivity index (χ4v) is 5.42. The molecule has 0 aromatic carbocycles. The Morgan fingerprint density at radius 3 is 1.32 bits per heavy atom. The van der Waals surface area contributed by atoms with E-state index in [-0.39, 0.29) is 0 Å². The Morgan fingerprint density at radius 1 is 0.610 bits per heavy atom. The number of aliphatic hydroxyl groups is 4. The predicted octanol–water partition coefficient (Wildman–Crippen LogP) is 5.27. The van der Waals surface area contributed by atoms with E-state index in [9.17, 15) is 19.9 Å². The van der Waals surface area contributed by atoms with Gasteiger partial charge in [-0.25, -0.2) is 4.57 Å². The number of rotatable bonds is 24. The van der Waals surface area contributed by atoms with Crippen molar-refractivity contribution in [2.24, 2.45) is 0 Å². The van der Waals surface area contributed by atoms with Crippen LogP contribution in [0.3, 0.4) is 0 Å². The van der Waals surface area contributed by atoms with Gasteiger partial charge in [-0.3, -0.25) is 4.52 Å². The number of hydrogen-bond acceptors (Lipinski definition) is 8. The van der Waals surface area contributed by atoms with Crippen molar-refractivity contribution in [2.45, 2.75) is 167 Å². The molecule has 0 bridgehead atoms. The zero-order valence-corrected chi connectivity index (χ0v) is 27.1. The van der Waals surface area contributed by atoms with Gasteiger partial charge in [-0.2, -0.15) is 0 Å². The minimum absolute atomic E-state index is 0.702. The molecule has 1 aliphatic rings. The first-order valence-corrected chi connectivity index (χ1v) is 17.9. The summed E-state index contributed by atoms with van der Waals surface area (Å²) in [4.78, 5) is 19.8. The number of ether oxygens (including phenoxy) is 1. The van der Waals surface area contributed by atoms with Crippen LogP contribution in [0, 0.1) is 0 Å². The summed E-state index contributed by atoms with van der Waals surface area (Å²) in [5.41, 5.74) is 0. The second-order valence-electron chi connectivity index (χ2n) is 11.4. The van der Waals surface area contributed by atoms with Crippen LogP contribution in [-0.4, -0.2) is 92.1 Å². The van der Waals surface area contributed by atoms with E-state index in [1.807, 2.05) is 0 Å². The summed E-state index contributed by atoms with van der Waals surface area (Å²) in [6, 6.07) is 0. The third-order valence-corrected chi connectivity index (χ3v) is 8.06. The van der Waals surface area contributed by atoms with Crippen LogP contribution in [0.5, 0.6) is 0 Å². The van der Waals surface area contributed by atoms with Gasteiger partial charge in [-0.1, -0.05) is 117 Å². The molecule has 1 saturated heterocycles. The monoisotopic (exact) mass is 613 g/mol. The lowest BCUT2D eigenvalue weighted by Crippen LogP contribution is -2.58. The highest BCUT2D eigenvalue weighted by Gasteiger charge is 2.46. The van der Waals surface area contributed by atoms with E-state index in [4.69, 9.17) is 14.9 Å². The maximum absolute atomic E-state index is 10.5. The molecule has 1 unspecified atom stereocenters. The summed E-state index contributed by atoms with van der Waals surface area (Å²) in [6.07, 6.45) is 17.5. The van der Waals surface area contributed by atoms with Crippen LogP contribution in [0.25, 0.3) is 0 Å². The topological polar surface area (TPSA) is 160 Å². The van der Waals surface area contributed by atoms with Crippen LogP contribution in [0.1, 0.15) is 136 Å². The van der Waals surface area contributed by atoms with Gasteiger partial charge in [0.15, 0.2) is 6.29 Å². The Hall–Kier alpha value is -0.130. The standard InChI is InChI=1S/C24H51N.C6H13O9P/c1-4-7-10-13-16-19-22-25(23-20-17-14-11-8-5-2)24-21-18-15-12-9-6-3;7-1-2-3(8)4(9)5(10)6(14-2)15-16(11,12)13/h4-24H2,1-3H3;2-10H,1H2,(H2,11,12,13)/t;2-,3+,4+,5-,6?/m.1/s1. The molecular weight excluding hydrogens is 549 g/mol. The number of aliphatic hydroxyl groups excluding tert-OH is 4. The van der Waals surface area contributed by atoms with E-state index in [0.29, 0.717) is 0 Å². The molecule has 5 atom stereocenters. The largest absolute Gasteiger partial charge is 0.472 e. The summed E-state index contributed by atoms with van der Waals surface area (Å²) in [5.74, 6) is 0. The Bertz CT molecular complexity index is 585. The minimum atomic E-state index is -4.91. The maximum Gasteiger partial charge on any atom is 0.472 e. The minimum Gasteiger partial charge on any atom is -0.394 e. The van der Waals surface area contributed by atoms with Crippen LogP contribution in [-0.2, 0) is 13.8 Å². The van der Waals surface area contributed by atoms with Crippen LogP contribution in [0.2, 0.25) is 0 Å². The fraction of sp³-hybridized carbons (Fsp3) is 1.00. The highest BCUT2D eigenvalue weighted by molar-refractivity contribution is 7.46. The van der Waals surface area contributed by atoms with Gasteiger partial charge in [0.25, 0.3) is 0 Å². The quantitative estimate of drug-likeness (QED) is 0.0626. The molecule has 248 valence electrons. The van der Waals surface area contributed by atoms with Gasteiger partial charge in [0.2, 0.25) is 0 Å². The van der Waals surface area contributed by atoms with Crippen LogP contribution in [0.15, 0.2) is 0 Å². The van der Waals surface area contributed by atoms with E-state index in [2.05, 4.69) is 34.9 Å². The Labute approximate surface area is 250 Å². The van der Waals surface area contributed by atoms with Gasteiger partial charge in [0.05, 0.1) is 6.61 Å². The summed E-state index contributed by atoms with van der Waals surface area (Å²) in [6.45, 7) is 10.3. The predicted molar refractivity (Wildman–Crippen MR) is 163 cm³/mol.